The van der Waals surface area contributed by atoms with Crippen LogP contribution in [0.15, 0.2) is 12.2 Å². The maximum atomic E-state index is 10.5. The monoisotopic (exact) mass is 349 g/mol. The molecule has 0 radical (unpaired) electrons. The molecule has 4 nitrogen and oxygen atoms in total. The molecule has 1 rings (SSSR count). The summed E-state index contributed by atoms with van der Waals surface area (Å²) >= 11 is 0. The Balaban J connectivity index is 2.28. The van der Waals surface area contributed by atoms with Gasteiger partial charge in [0.25, 0.3) is 0 Å². The van der Waals surface area contributed by atoms with Crippen molar-refractivity contribution in [3.8, 4) is 11.8 Å². The highest BCUT2D eigenvalue weighted by Gasteiger charge is 2.22. The van der Waals surface area contributed by atoms with E-state index in [4.69, 9.17) is 5.11 Å². The molecule has 1 aliphatic heterocycles. The molecule has 1 saturated heterocycles. The Hall–Kier alpha value is -1.31. The fraction of sp³-hybridized carbons (Fsp3) is 0.762. The predicted molar refractivity (Wildman–Crippen MR) is 102 cm³/mol. The molecule has 4 heteroatoms. The summed E-state index contributed by atoms with van der Waals surface area (Å²) in [6, 6.07) is 0.433. The van der Waals surface area contributed by atoms with E-state index in [0.717, 1.165) is 58.0 Å². The van der Waals surface area contributed by atoms with Gasteiger partial charge in [0.05, 0.1) is 6.10 Å². The van der Waals surface area contributed by atoms with Gasteiger partial charge in [-0.25, -0.2) is 0 Å². The Kier molecular flexibility index (Phi) is 11.3. The van der Waals surface area contributed by atoms with Crippen molar-refractivity contribution in [1.29, 1.82) is 0 Å². The summed E-state index contributed by atoms with van der Waals surface area (Å²) in [5.74, 6) is 5.64. The third kappa shape index (κ3) is 9.67. The lowest BCUT2D eigenvalue weighted by Crippen LogP contribution is -2.29. The molecule has 0 spiro atoms. The van der Waals surface area contributed by atoms with Crippen LogP contribution >= 0.6 is 0 Å². The largest absolute Gasteiger partial charge is 0.481 e. The third-order valence-corrected chi connectivity index (χ3v) is 4.84. The summed E-state index contributed by atoms with van der Waals surface area (Å²) in [6.07, 6.45) is 12.0. The molecule has 0 bridgehead atoms. The van der Waals surface area contributed by atoms with E-state index in [1.165, 1.54) is 6.42 Å². The maximum Gasteiger partial charge on any atom is 0.303 e. The standard InChI is InChI=1S/C21H35NO3/c1-3-4-7-11-18(2)20(23)15-14-19-12-10-17-22(19)16-9-6-5-8-13-21(24)25/h14-15,18-20,23H,3,5-6,8-13,16-17H2,1-2H3,(H,24,25)/b15-14+/t18-,19+,20+/m0/s1. The average molecular weight is 350 g/mol. The minimum Gasteiger partial charge on any atom is -0.481 e. The molecule has 0 aromatic rings. The van der Waals surface area contributed by atoms with E-state index in [2.05, 4.69) is 22.8 Å². The molecule has 25 heavy (non-hydrogen) atoms. The van der Waals surface area contributed by atoms with Crippen molar-refractivity contribution in [2.24, 2.45) is 5.92 Å². The van der Waals surface area contributed by atoms with Gasteiger partial charge in [0, 0.05) is 25.3 Å². The van der Waals surface area contributed by atoms with E-state index >= 15 is 0 Å². The van der Waals surface area contributed by atoms with E-state index in [1.807, 2.05) is 19.9 Å². The molecule has 0 aromatic carbocycles. The molecule has 3 atom stereocenters. The molecule has 0 unspecified atom stereocenters. The summed E-state index contributed by atoms with van der Waals surface area (Å²) in [6.45, 7) is 6.27. The van der Waals surface area contributed by atoms with Gasteiger partial charge in [-0.2, -0.15) is 0 Å². The zero-order chi connectivity index (χ0) is 18.5. The Labute approximate surface area is 153 Å². The Morgan fingerprint density at radius 3 is 2.76 bits per heavy atom. The Bertz CT molecular complexity index is 463. The second kappa shape index (κ2) is 13.0. The van der Waals surface area contributed by atoms with Crippen LogP contribution in [-0.4, -0.2) is 46.3 Å². The van der Waals surface area contributed by atoms with E-state index in [9.17, 15) is 9.90 Å². The second-order valence-corrected chi connectivity index (χ2v) is 7.07. The normalized spacial score (nSPS) is 20.4. The lowest BCUT2D eigenvalue weighted by molar-refractivity contribution is -0.137. The van der Waals surface area contributed by atoms with Crippen molar-refractivity contribution in [1.82, 2.24) is 4.90 Å². The number of carbonyl (C=O) groups is 1. The summed E-state index contributed by atoms with van der Waals surface area (Å²) in [5, 5.41) is 18.9. The zero-order valence-electron chi connectivity index (χ0n) is 15.9. The third-order valence-electron chi connectivity index (χ3n) is 4.84. The first-order chi connectivity index (χ1) is 12.0. The zero-order valence-corrected chi connectivity index (χ0v) is 15.9. The molecular weight excluding hydrogens is 314 g/mol. The first-order valence-electron chi connectivity index (χ1n) is 9.82. The lowest BCUT2D eigenvalue weighted by Gasteiger charge is -2.22. The smallest absolute Gasteiger partial charge is 0.303 e. The fourth-order valence-corrected chi connectivity index (χ4v) is 3.20. The number of unbranched alkanes of at least 4 members (excludes halogenated alkanes) is 3. The van der Waals surface area contributed by atoms with E-state index in [-0.39, 0.29) is 12.3 Å². The number of likely N-dealkylation sites (tertiary alicyclic amines) is 1. The molecule has 0 amide bonds. The van der Waals surface area contributed by atoms with E-state index < -0.39 is 12.1 Å². The summed E-state index contributed by atoms with van der Waals surface area (Å²) < 4.78 is 0. The molecule has 0 aromatic heterocycles. The van der Waals surface area contributed by atoms with Crippen molar-refractivity contribution in [3.63, 3.8) is 0 Å². The number of nitrogens with zero attached hydrogens (tertiary/aromatic N) is 1. The molecule has 1 fully saturated rings. The molecule has 0 saturated carbocycles. The number of carboxylic acid groups (broad SMARTS) is 1. The van der Waals surface area contributed by atoms with Gasteiger partial charge in [-0.3, -0.25) is 9.69 Å². The highest BCUT2D eigenvalue weighted by atomic mass is 16.4. The molecule has 0 aliphatic carbocycles. The van der Waals surface area contributed by atoms with Gasteiger partial charge in [0.1, 0.15) is 0 Å². The van der Waals surface area contributed by atoms with Gasteiger partial charge in [-0.15, -0.1) is 11.8 Å². The molecule has 142 valence electrons. The van der Waals surface area contributed by atoms with E-state index in [0.29, 0.717) is 6.04 Å². The van der Waals surface area contributed by atoms with Gasteiger partial charge < -0.3 is 10.2 Å². The highest BCUT2D eigenvalue weighted by molar-refractivity contribution is 5.66. The fourth-order valence-electron chi connectivity index (χ4n) is 3.20. The number of carboxylic acids is 1. The number of aliphatic hydroxyl groups is 1. The number of aliphatic carboxylic acids is 1. The molecule has 1 heterocycles. The summed E-state index contributed by atoms with van der Waals surface area (Å²) in [5.41, 5.74) is 0. The van der Waals surface area contributed by atoms with Crippen molar-refractivity contribution >= 4 is 5.97 Å². The highest BCUT2D eigenvalue weighted by Crippen LogP contribution is 2.20. The molecule has 2 N–H and O–H groups in total. The van der Waals surface area contributed by atoms with Gasteiger partial charge in [0.2, 0.25) is 0 Å². The van der Waals surface area contributed by atoms with Crippen LogP contribution in [0.3, 0.4) is 0 Å². The minimum absolute atomic E-state index is 0.166. The first-order valence-corrected chi connectivity index (χ1v) is 9.82. The van der Waals surface area contributed by atoms with Crippen LogP contribution < -0.4 is 0 Å². The van der Waals surface area contributed by atoms with Crippen LogP contribution in [-0.2, 0) is 4.79 Å². The van der Waals surface area contributed by atoms with Gasteiger partial charge in [-0.1, -0.05) is 38.8 Å². The Morgan fingerprint density at radius 2 is 2.04 bits per heavy atom. The van der Waals surface area contributed by atoms with Crippen LogP contribution in [0.5, 0.6) is 0 Å². The van der Waals surface area contributed by atoms with Crippen molar-refractivity contribution < 1.29 is 15.0 Å². The average Bonchev–Trinajstić information content (AvgIpc) is 3.03. The van der Waals surface area contributed by atoms with Crippen LogP contribution in [0.2, 0.25) is 0 Å². The molecule has 1 aliphatic rings. The van der Waals surface area contributed by atoms with Crippen LogP contribution in [0.25, 0.3) is 0 Å². The number of aliphatic hydroxyl groups excluding tert-OH is 1. The first kappa shape index (κ1) is 21.7. The minimum atomic E-state index is -0.696. The number of rotatable bonds is 11. The van der Waals surface area contributed by atoms with Crippen molar-refractivity contribution in [3.05, 3.63) is 12.2 Å². The summed E-state index contributed by atoms with van der Waals surface area (Å²) in [4.78, 5) is 13.0. The van der Waals surface area contributed by atoms with Gasteiger partial charge in [-0.05, 0) is 44.7 Å². The summed E-state index contributed by atoms with van der Waals surface area (Å²) in [7, 11) is 0. The quantitative estimate of drug-likeness (QED) is 0.338. The van der Waals surface area contributed by atoms with Gasteiger partial charge in [0.15, 0.2) is 0 Å². The van der Waals surface area contributed by atoms with Crippen molar-refractivity contribution in [2.45, 2.75) is 83.8 Å². The van der Waals surface area contributed by atoms with Crippen LogP contribution in [0.4, 0.5) is 0 Å². The van der Waals surface area contributed by atoms with Crippen molar-refractivity contribution in [2.75, 3.05) is 13.1 Å². The topological polar surface area (TPSA) is 60.8 Å². The van der Waals surface area contributed by atoms with Crippen LogP contribution in [0, 0.1) is 17.8 Å². The van der Waals surface area contributed by atoms with Gasteiger partial charge >= 0.3 is 5.97 Å². The maximum absolute atomic E-state index is 10.5. The lowest BCUT2D eigenvalue weighted by atomic mass is 10.00. The van der Waals surface area contributed by atoms with E-state index in [1.54, 1.807) is 0 Å². The number of hydrogen-bond donors (Lipinski definition) is 2. The van der Waals surface area contributed by atoms with Crippen LogP contribution in [0.1, 0.15) is 71.6 Å². The predicted octanol–water partition coefficient (Wildman–Crippen LogP) is 3.84. The second-order valence-electron chi connectivity index (χ2n) is 7.07. The number of hydrogen-bond acceptors (Lipinski definition) is 3. The molecular formula is C21H35NO3. The Morgan fingerprint density at radius 1 is 1.28 bits per heavy atom. The SMILES string of the molecule is CCC#CC[C@H](C)[C@H](O)/C=C/[C@H]1CCCN1CCCCCCC(=O)O.